The van der Waals surface area contributed by atoms with Crippen LogP contribution in [-0.2, 0) is 28.8 Å². The lowest BCUT2D eigenvalue weighted by atomic mass is 9.93. The zero-order chi connectivity index (χ0) is 54.4. The van der Waals surface area contributed by atoms with E-state index in [-0.39, 0.29) is 69.4 Å². The van der Waals surface area contributed by atoms with Gasteiger partial charge < -0.3 is 40.2 Å². The van der Waals surface area contributed by atoms with Gasteiger partial charge in [0.2, 0.25) is 35.4 Å². The summed E-state index contributed by atoms with van der Waals surface area (Å²) in [4.78, 5) is 80.7. The number of nitrogens with zero attached hydrogens (tertiary/aromatic N) is 6. The molecule has 0 spiro atoms. The molecule has 3 N–H and O–H groups in total. The molecule has 6 saturated heterocycles. The Bertz CT molecular complexity index is 1680. The Morgan fingerprint density at radius 2 is 0.671 bits per heavy atom. The molecule has 6 rings (SSSR count). The molecule has 6 aliphatic rings. The van der Waals surface area contributed by atoms with E-state index < -0.39 is 6.17 Å². The fourth-order valence-electron chi connectivity index (χ4n) is 8.15. The molecule has 0 aromatic carbocycles. The van der Waals surface area contributed by atoms with Crippen LogP contribution < -0.4 is 5.73 Å². The van der Waals surface area contributed by atoms with E-state index in [4.69, 9.17) is 5.73 Å². The number of alkyl halides is 1. The van der Waals surface area contributed by atoms with Crippen LogP contribution in [0.15, 0.2) is 12.3 Å². The number of rotatable bonds is 1. The number of carbonyl (C=O) groups is 6. The van der Waals surface area contributed by atoms with Crippen LogP contribution in [0, 0.1) is 38.4 Å². The van der Waals surface area contributed by atoms with Gasteiger partial charge in [-0.2, -0.15) is 0 Å². The topological polar surface area (TPSA) is 168 Å². The molecule has 15 heteroatoms. The van der Waals surface area contributed by atoms with E-state index >= 15 is 0 Å². The first kappa shape index (κ1) is 64.3. The fourth-order valence-corrected chi connectivity index (χ4v) is 8.15. The van der Waals surface area contributed by atoms with Gasteiger partial charge >= 0.3 is 0 Å². The summed E-state index contributed by atoms with van der Waals surface area (Å²) in [5.41, 5.74) is 4.81. The lowest BCUT2D eigenvalue weighted by Crippen LogP contribution is -2.54. The summed E-state index contributed by atoms with van der Waals surface area (Å²) >= 11 is 0. The number of nitrogens with two attached hydrogens (primary N) is 1. The maximum absolute atomic E-state index is 12.3. The predicted octanol–water partition coefficient (Wildman–Crippen LogP) is 8.16. The van der Waals surface area contributed by atoms with Gasteiger partial charge in [0.05, 0.1) is 19.2 Å². The number of hydrogen-bond donors (Lipinski definition) is 2. The number of piperidine rings is 1. The number of aliphatic hydroxyl groups excluding tert-OH is 1. The van der Waals surface area contributed by atoms with Crippen LogP contribution >= 0.6 is 0 Å². The van der Waals surface area contributed by atoms with E-state index in [1.165, 1.54) is 38.5 Å². The number of likely N-dealkylation sites (tertiary alicyclic amines) is 6. The van der Waals surface area contributed by atoms with Crippen molar-refractivity contribution < 1.29 is 38.3 Å². The molecule has 0 aromatic heterocycles. The van der Waals surface area contributed by atoms with Gasteiger partial charge in [-0.05, 0) is 51.4 Å². The molecule has 14 nitrogen and oxygen atoms in total. The summed E-state index contributed by atoms with van der Waals surface area (Å²) in [6.45, 7) is 47.8. The van der Waals surface area contributed by atoms with Crippen molar-refractivity contribution in [3.8, 4) is 0 Å². The minimum atomic E-state index is -0.790. The smallest absolute Gasteiger partial charge is 0.228 e. The van der Waals surface area contributed by atoms with Crippen molar-refractivity contribution in [1.29, 1.82) is 0 Å². The maximum atomic E-state index is 12.3. The lowest BCUT2D eigenvalue weighted by molar-refractivity contribution is -0.146. The quantitative estimate of drug-likeness (QED) is 0.266. The molecule has 2 atom stereocenters. The third kappa shape index (κ3) is 22.3. The third-order valence-electron chi connectivity index (χ3n) is 12.6. The average molecular weight is 992 g/mol. The largest absolute Gasteiger partial charge is 0.402 e. The highest BCUT2D eigenvalue weighted by Gasteiger charge is 2.37. The molecule has 0 aromatic rings. The summed E-state index contributed by atoms with van der Waals surface area (Å²) in [5, 5.41) is 9.22. The van der Waals surface area contributed by atoms with Crippen LogP contribution in [0.25, 0.3) is 0 Å². The summed E-state index contributed by atoms with van der Waals surface area (Å²) in [6.07, 6.45) is 7.78. The number of β-amino-alcohol motifs (C(OH)–C–C–N with tert-alkyl or cyclic N) is 1. The molecular formula is C55H102FN7O7. The Balaban J connectivity index is 0.000000421. The first-order chi connectivity index (χ1) is 31.7. The highest BCUT2D eigenvalue weighted by Crippen LogP contribution is 2.27. The molecule has 6 fully saturated rings. The maximum Gasteiger partial charge on any atom is 0.228 e. The summed E-state index contributed by atoms with van der Waals surface area (Å²) < 4.78 is 12.3. The van der Waals surface area contributed by atoms with Crippen LogP contribution in [0.5, 0.6) is 0 Å². The highest BCUT2D eigenvalue weighted by atomic mass is 19.1. The molecule has 2 unspecified atom stereocenters. The average Bonchev–Trinajstić information content (AvgIpc) is 4.01. The summed E-state index contributed by atoms with van der Waals surface area (Å²) in [7, 11) is 0. The molecule has 6 heterocycles. The Labute approximate surface area is 425 Å². The van der Waals surface area contributed by atoms with Crippen molar-refractivity contribution in [3.63, 3.8) is 0 Å². The molecule has 0 aliphatic carbocycles. The van der Waals surface area contributed by atoms with Gasteiger partial charge in [-0.25, -0.2) is 4.39 Å². The Morgan fingerprint density at radius 1 is 0.400 bits per heavy atom. The molecule has 406 valence electrons. The van der Waals surface area contributed by atoms with Crippen molar-refractivity contribution in [2.45, 2.75) is 188 Å². The second kappa shape index (κ2) is 26.8. The highest BCUT2D eigenvalue weighted by molar-refractivity contribution is 5.84. The molecule has 0 bridgehead atoms. The van der Waals surface area contributed by atoms with Gasteiger partial charge in [0.25, 0.3) is 0 Å². The molecule has 0 radical (unpaired) electrons. The van der Waals surface area contributed by atoms with Crippen LogP contribution in [0.4, 0.5) is 4.39 Å². The minimum absolute atomic E-state index is 0.0476. The second-order valence-electron chi connectivity index (χ2n) is 26.3. The van der Waals surface area contributed by atoms with Crippen LogP contribution in [-0.4, -0.2) is 161 Å². The van der Waals surface area contributed by atoms with Gasteiger partial charge in [0.1, 0.15) is 6.17 Å². The number of carbonyl (C=O) groups excluding carboxylic acids is 6. The molecule has 6 aliphatic heterocycles. The van der Waals surface area contributed by atoms with E-state index in [0.717, 1.165) is 65.2 Å². The van der Waals surface area contributed by atoms with E-state index in [0.29, 0.717) is 42.4 Å². The molecule has 6 amide bonds. The van der Waals surface area contributed by atoms with Crippen molar-refractivity contribution in [2.75, 3.05) is 78.5 Å². The van der Waals surface area contributed by atoms with Gasteiger partial charge in [-0.15, -0.1) is 0 Å². The standard InChI is InChI=1S/C11H20N2O.C10H19NO.C9H17NO2.C9H17NO.C8H14FNO.C8H15NO/c1-8(12)9-5-6-13(7-9)10(14)11(2,3)4;1-10(2,3)9(12)11-7-5-4-6-8-11;1-9(2,3)8(12)10-5-4-7(11)6-10;1-9(2,3)8(11)10-6-4-5-7-10;1-8(2,3)7(11)10-4-6(9)5-10;1-8(2,3)7(10)9-5-4-6-9/h9H,1,5-7,12H2,2-4H3;4-8H2,1-3H3;7,11H,4-6H2,1-3H3;4-7H2,1-3H3;6H,4-5H2,1-3H3;4-6H2,1-3H3. The van der Waals surface area contributed by atoms with Gasteiger partial charge in [0.15, 0.2) is 0 Å². The van der Waals surface area contributed by atoms with E-state index in [1.54, 1.807) is 9.80 Å². The van der Waals surface area contributed by atoms with Crippen LogP contribution in [0.3, 0.4) is 0 Å². The summed E-state index contributed by atoms with van der Waals surface area (Å²) in [5.74, 6) is 1.59. The van der Waals surface area contributed by atoms with Crippen molar-refractivity contribution in [2.24, 2.45) is 44.1 Å². The third-order valence-corrected chi connectivity index (χ3v) is 12.6. The SMILES string of the molecule is C=C(N)C1CCN(C(=O)C(C)(C)C)C1.CC(C)(C)C(=O)N1CC(F)C1.CC(C)(C)C(=O)N1CCC(O)C1.CC(C)(C)C(=O)N1CCC1.CC(C)(C)C(=O)N1CCCC1.CC(C)(C)C(=O)N1CCCCC1. The van der Waals surface area contributed by atoms with Crippen molar-refractivity contribution in [1.82, 2.24) is 29.4 Å². The predicted molar refractivity (Wildman–Crippen MR) is 281 cm³/mol. The van der Waals surface area contributed by atoms with Gasteiger partial charge in [-0.3, -0.25) is 28.8 Å². The van der Waals surface area contributed by atoms with Crippen molar-refractivity contribution in [3.05, 3.63) is 12.3 Å². The summed E-state index contributed by atoms with van der Waals surface area (Å²) in [6, 6.07) is 0. The van der Waals surface area contributed by atoms with Gasteiger partial charge in [-0.1, -0.05) is 131 Å². The molecule has 70 heavy (non-hydrogen) atoms. The lowest BCUT2D eigenvalue weighted by Gasteiger charge is -2.38. The Morgan fingerprint density at radius 3 is 0.914 bits per heavy atom. The van der Waals surface area contributed by atoms with E-state index in [2.05, 4.69) is 6.58 Å². The van der Waals surface area contributed by atoms with Crippen LogP contribution in [0.2, 0.25) is 0 Å². The zero-order valence-corrected chi connectivity index (χ0v) is 47.6. The number of hydrogen-bond acceptors (Lipinski definition) is 8. The first-order valence-electron chi connectivity index (χ1n) is 26.2. The fraction of sp³-hybridized carbons (Fsp3) is 0.855. The van der Waals surface area contributed by atoms with Gasteiger partial charge in [0, 0.05) is 110 Å². The second-order valence-corrected chi connectivity index (χ2v) is 26.3. The number of aliphatic hydroxyl groups is 1. The Hall–Kier alpha value is -3.75. The minimum Gasteiger partial charge on any atom is -0.402 e. The number of amides is 6. The Kier molecular flexibility index (Phi) is 24.6. The first-order valence-corrected chi connectivity index (χ1v) is 26.2. The molecule has 0 saturated carbocycles. The monoisotopic (exact) mass is 992 g/mol. The zero-order valence-electron chi connectivity index (χ0n) is 47.6. The van der Waals surface area contributed by atoms with Crippen LogP contribution in [0.1, 0.15) is 176 Å². The number of halogens is 1. The normalized spacial score (nSPS) is 20.8. The molecular weight excluding hydrogens is 890 g/mol. The van der Waals surface area contributed by atoms with Crippen molar-refractivity contribution >= 4 is 35.4 Å². The van der Waals surface area contributed by atoms with E-state index in [9.17, 15) is 38.3 Å². The van der Waals surface area contributed by atoms with E-state index in [1.807, 2.05) is 144 Å².